The van der Waals surface area contributed by atoms with Gasteiger partial charge in [-0.05, 0) is 74.5 Å². The molecule has 0 saturated carbocycles. The zero-order chi connectivity index (χ0) is 35.6. The van der Waals surface area contributed by atoms with Crippen LogP contribution < -0.4 is 5.32 Å². The number of unbranched alkanes of at least 4 members (excludes halogenated alkanes) is 1. The van der Waals surface area contributed by atoms with Gasteiger partial charge in [0.2, 0.25) is 0 Å². The minimum atomic E-state index is 0.315. The fourth-order valence-corrected chi connectivity index (χ4v) is 4.76. The van der Waals surface area contributed by atoms with Crippen LogP contribution in [0.2, 0.25) is 5.02 Å². The molecule has 0 spiro atoms. The molecule has 1 fully saturated rings. The maximum Gasteiger partial charge on any atom is 0.117 e. The van der Waals surface area contributed by atoms with Gasteiger partial charge in [-0.2, -0.15) is 5.26 Å². The lowest BCUT2D eigenvalue weighted by molar-refractivity contribution is -0.106. The van der Waals surface area contributed by atoms with Crippen LogP contribution in [-0.4, -0.2) is 42.8 Å². The van der Waals surface area contributed by atoms with Crippen molar-refractivity contribution in [2.75, 3.05) is 32.0 Å². The Bertz CT molecular complexity index is 1320. The number of allylic oxidation sites excluding steroid dienone is 1. The van der Waals surface area contributed by atoms with E-state index in [0.717, 1.165) is 60.4 Å². The summed E-state index contributed by atoms with van der Waals surface area (Å²) in [6.45, 7) is 21.1. The lowest BCUT2D eigenvalue weighted by atomic mass is 9.98. The van der Waals surface area contributed by atoms with E-state index in [9.17, 15) is 5.26 Å². The maximum atomic E-state index is 9.25. The number of hydrogen-bond donors (Lipinski definition) is 1. The van der Waals surface area contributed by atoms with Gasteiger partial charge in [-0.15, -0.1) is 0 Å². The zero-order valence-electron chi connectivity index (χ0n) is 30.8. The Morgan fingerprint density at radius 2 is 1.57 bits per heavy atom. The summed E-state index contributed by atoms with van der Waals surface area (Å²) >= 11 is 6.04. The van der Waals surface area contributed by atoms with Crippen molar-refractivity contribution in [3.63, 3.8) is 0 Å². The van der Waals surface area contributed by atoms with E-state index in [2.05, 4.69) is 111 Å². The zero-order valence-corrected chi connectivity index (χ0v) is 31.6. The second-order valence-corrected chi connectivity index (χ2v) is 11.9. The minimum absolute atomic E-state index is 0.315. The van der Waals surface area contributed by atoms with E-state index in [1.165, 1.54) is 42.9 Å². The van der Waals surface area contributed by atoms with Crippen molar-refractivity contribution in [1.29, 1.82) is 5.26 Å². The van der Waals surface area contributed by atoms with E-state index < -0.39 is 0 Å². The van der Waals surface area contributed by atoms with Crippen molar-refractivity contribution in [2.24, 2.45) is 5.92 Å². The Balaban J connectivity index is 0.000000804. The second-order valence-electron chi connectivity index (χ2n) is 11.5. The molecular formula is C41H61ClN4O. The number of likely N-dealkylation sites (N-methyl/N-ethyl adjacent to an activating group) is 1. The van der Waals surface area contributed by atoms with Crippen LogP contribution in [0.15, 0.2) is 84.7 Å². The molecule has 4 rings (SSSR count). The normalized spacial score (nSPS) is 14.6. The molecule has 1 aliphatic heterocycles. The first-order valence-corrected chi connectivity index (χ1v) is 17.6. The molecule has 1 N–H and O–H groups in total. The van der Waals surface area contributed by atoms with Crippen molar-refractivity contribution in [3.05, 3.63) is 112 Å². The van der Waals surface area contributed by atoms with E-state index in [0.29, 0.717) is 6.04 Å². The predicted molar refractivity (Wildman–Crippen MR) is 205 cm³/mol. The van der Waals surface area contributed by atoms with E-state index in [1.807, 2.05) is 45.0 Å². The van der Waals surface area contributed by atoms with Crippen LogP contribution in [0.25, 0.3) is 0 Å². The summed E-state index contributed by atoms with van der Waals surface area (Å²) in [6.07, 6.45) is 7.36. The fourth-order valence-electron chi connectivity index (χ4n) is 4.56. The van der Waals surface area contributed by atoms with Crippen molar-refractivity contribution in [1.82, 2.24) is 9.80 Å². The van der Waals surface area contributed by atoms with Gasteiger partial charge in [-0.25, -0.2) is 0 Å². The quantitative estimate of drug-likeness (QED) is 0.192. The third kappa shape index (κ3) is 17.2. The van der Waals surface area contributed by atoms with Gasteiger partial charge in [0.25, 0.3) is 0 Å². The molecule has 2 atom stereocenters. The summed E-state index contributed by atoms with van der Waals surface area (Å²) in [5, 5.41) is 13.6. The van der Waals surface area contributed by atoms with Gasteiger partial charge >= 0.3 is 0 Å². The second kappa shape index (κ2) is 26.5. The molecule has 0 bridgehead atoms. The molecular weight excluding hydrogens is 600 g/mol. The Morgan fingerprint density at radius 1 is 0.979 bits per heavy atom. The molecule has 2 unspecified atom stereocenters. The van der Waals surface area contributed by atoms with E-state index in [1.54, 1.807) is 6.08 Å². The van der Waals surface area contributed by atoms with Crippen LogP contribution in [-0.2, 0) is 11.2 Å². The first kappa shape index (κ1) is 43.4. The molecule has 0 amide bonds. The number of hydrogen-bond acceptors (Lipinski definition) is 5. The summed E-state index contributed by atoms with van der Waals surface area (Å²) in [7, 11) is 2.16. The van der Waals surface area contributed by atoms with Gasteiger partial charge in [0.05, 0.1) is 18.2 Å². The molecule has 258 valence electrons. The maximum absolute atomic E-state index is 9.25. The van der Waals surface area contributed by atoms with Crippen molar-refractivity contribution in [2.45, 2.75) is 94.0 Å². The molecule has 0 aromatic heterocycles. The molecule has 47 heavy (non-hydrogen) atoms. The number of aldehydes is 1. The summed E-state index contributed by atoms with van der Waals surface area (Å²) in [6, 6.07) is 27.6. The highest BCUT2D eigenvalue weighted by Gasteiger charge is 2.27. The Labute approximate surface area is 292 Å². The number of rotatable bonds is 8. The first-order chi connectivity index (χ1) is 22.6. The van der Waals surface area contributed by atoms with Crippen LogP contribution in [0.3, 0.4) is 0 Å². The van der Waals surface area contributed by atoms with E-state index in [-0.39, 0.29) is 0 Å². The Morgan fingerprint density at radius 3 is 2.11 bits per heavy atom. The number of nitrogens with zero attached hydrogens (tertiary/aromatic N) is 3. The number of piperazine rings is 1. The number of anilines is 1. The van der Waals surface area contributed by atoms with Crippen LogP contribution in [0.1, 0.15) is 96.0 Å². The number of benzene rings is 3. The van der Waals surface area contributed by atoms with Gasteiger partial charge < -0.3 is 15.0 Å². The first-order valence-electron chi connectivity index (χ1n) is 17.2. The molecule has 0 aliphatic carbocycles. The lowest BCUT2D eigenvalue weighted by Crippen LogP contribution is -2.47. The number of nitriles is 1. The van der Waals surface area contributed by atoms with Crippen LogP contribution in [0.5, 0.6) is 0 Å². The summed E-state index contributed by atoms with van der Waals surface area (Å²) < 4.78 is 0. The highest BCUT2D eigenvalue weighted by molar-refractivity contribution is 6.31. The standard InChI is InChI=1S/C21H24N4.C12H17Cl.C4H10.C2H4O.C2H6/c1-17-8-6-7-11-19(17)23-21(12-13-22)25-15-14-24(2)20(16-25)18-9-4-3-5-10-18;1-4-9(2)7-11-6-5-10(3)12(13)8-11;1-3-4-2;1-2-3;1-2/h3-12,20,23H,14-16H2,1-2H3;5-6,8-9H,4,7H2,1-3H3;3-4H2,1-2H3;2H,1H3;1-2H3/b21-12-;;;;. The topological polar surface area (TPSA) is 59.4 Å². The van der Waals surface area contributed by atoms with Gasteiger partial charge in [0.1, 0.15) is 12.1 Å². The number of para-hydroxylation sites is 1. The molecule has 1 saturated heterocycles. The van der Waals surface area contributed by atoms with Gasteiger partial charge in [0, 0.05) is 30.3 Å². The van der Waals surface area contributed by atoms with Crippen molar-refractivity contribution < 1.29 is 4.79 Å². The van der Waals surface area contributed by atoms with E-state index >= 15 is 0 Å². The monoisotopic (exact) mass is 660 g/mol. The summed E-state index contributed by atoms with van der Waals surface area (Å²) in [5.41, 5.74) is 6.03. The minimum Gasteiger partial charge on any atom is -0.354 e. The summed E-state index contributed by atoms with van der Waals surface area (Å²) in [4.78, 5) is 13.5. The van der Waals surface area contributed by atoms with Gasteiger partial charge in [-0.1, -0.05) is 133 Å². The third-order valence-corrected chi connectivity index (χ3v) is 8.21. The Hall–Kier alpha value is -3.59. The summed E-state index contributed by atoms with van der Waals surface area (Å²) in [5.74, 6) is 1.62. The lowest BCUT2D eigenvalue weighted by Gasteiger charge is -2.41. The van der Waals surface area contributed by atoms with Crippen LogP contribution in [0.4, 0.5) is 5.69 Å². The average molecular weight is 661 g/mol. The highest BCUT2D eigenvalue weighted by atomic mass is 35.5. The molecule has 5 nitrogen and oxygen atoms in total. The number of halogens is 1. The largest absolute Gasteiger partial charge is 0.354 e. The Kier molecular flexibility index (Phi) is 24.5. The predicted octanol–water partition coefficient (Wildman–Crippen LogP) is 11.0. The van der Waals surface area contributed by atoms with Crippen molar-refractivity contribution in [3.8, 4) is 6.07 Å². The van der Waals surface area contributed by atoms with Crippen LogP contribution >= 0.6 is 11.6 Å². The number of nitrogens with one attached hydrogen (secondary N) is 1. The van der Waals surface area contributed by atoms with Gasteiger partial charge in [-0.3, -0.25) is 4.90 Å². The van der Waals surface area contributed by atoms with Crippen LogP contribution in [0, 0.1) is 31.1 Å². The molecule has 0 radical (unpaired) electrons. The number of aryl methyl sites for hydroxylation is 2. The molecule has 1 aliphatic rings. The fraction of sp³-hybridized carbons (Fsp3) is 0.463. The highest BCUT2D eigenvalue weighted by Crippen LogP contribution is 2.27. The molecule has 6 heteroatoms. The van der Waals surface area contributed by atoms with E-state index in [4.69, 9.17) is 16.4 Å². The number of carbonyl (C=O) groups excluding carboxylic acids is 1. The molecule has 3 aromatic rings. The van der Waals surface area contributed by atoms with Crippen molar-refractivity contribution >= 4 is 23.6 Å². The molecule has 3 aromatic carbocycles. The third-order valence-electron chi connectivity index (χ3n) is 7.80. The SMILES string of the molecule is CC.CC=O.CCC(C)Cc1ccc(C)c(Cl)c1.CCCC.Cc1ccccc1N/C(=C/C#N)N1CCN(C)C(c2ccccc2)C1. The smallest absolute Gasteiger partial charge is 0.117 e. The molecule has 1 heterocycles. The van der Waals surface area contributed by atoms with Gasteiger partial charge in [0.15, 0.2) is 0 Å². The number of carbonyl (C=O) groups is 1. The average Bonchev–Trinajstić information content (AvgIpc) is 3.09.